The Labute approximate surface area is 103 Å². The third-order valence-corrected chi connectivity index (χ3v) is 2.50. The van der Waals surface area contributed by atoms with Gasteiger partial charge in [-0.3, -0.25) is 9.59 Å². The van der Waals surface area contributed by atoms with Crippen molar-refractivity contribution in [2.45, 2.75) is 19.6 Å². The molecule has 2 rings (SSSR count). The molecular weight excluding hydrogens is 236 g/mol. The van der Waals surface area contributed by atoms with Crippen molar-refractivity contribution >= 4 is 11.4 Å². The first kappa shape index (κ1) is 12.4. The molecule has 0 spiro atoms. The van der Waals surface area contributed by atoms with Crippen molar-refractivity contribution in [3.05, 3.63) is 44.6 Å². The number of aliphatic hydroxyl groups is 1. The van der Waals surface area contributed by atoms with Crippen molar-refractivity contribution in [1.82, 2.24) is 0 Å². The van der Waals surface area contributed by atoms with Crippen LogP contribution in [0.15, 0.2) is 32.4 Å². The maximum Gasteiger partial charge on any atom is 0.253 e. The molecule has 6 heteroatoms. The van der Waals surface area contributed by atoms with Gasteiger partial charge in [0.25, 0.3) is 10.9 Å². The van der Waals surface area contributed by atoms with Gasteiger partial charge in [-0.15, -0.1) is 0 Å². The maximum atomic E-state index is 11.4. The Hall–Kier alpha value is -2.08. The molecule has 1 aromatic carbocycles. The number of rotatable bonds is 6. The molecule has 0 radical (unpaired) electrons. The van der Waals surface area contributed by atoms with E-state index in [0.29, 0.717) is 12.3 Å². The highest BCUT2D eigenvalue weighted by atomic mass is 16.3. The second-order valence-corrected chi connectivity index (χ2v) is 4.07. The van der Waals surface area contributed by atoms with E-state index in [2.05, 4.69) is 10.6 Å². The van der Waals surface area contributed by atoms with Gasteiger partial charge in [0.15, 0.2) is 0 Å². The molecule has 0 saturated heterocycles. The molecule has 1 atom stereocenters. The molecule has 0 amide bonds. The molecule has 1 aromatic heterocycles. The molecular formula is C12H14N2O4. The van der Waals surface area contributed by atoms with Crippen LogP contribution in [0, 0.1) is 0 Å². The van der Waals surface area contributed by atoms with Gasteiger partial charge in [0, 0.05) is 6.54 Å². The monoisotopic (exact) mass is 250 g/mol. The molecule has 0 saturated carbocycles. The summed E-state index contributed by atoms with van der Waals surface area (Å²) in [5.74, 6) is 0.671. The Morgan fingerprint density at radius 2 is 1.94 bits per heavy atom. The number of nitrogens with one attached hydrogen (secondary N) is 2. The summed E-state index contributed by atoms with van der Waals surface area (Å²) in [5.41, 5.74) is -0.628. The zero-order chi connectivity index (χ0) is 13.1. The molecule has 0 aliphatic heterocycles. The minimum Gasteiger partial charge on any atom is -0.467 e. The van der Waals surface area contributed by atoms with Crippen molar-refractivity contribution in [3.63, 3.8) is 0 Å². The highest BCUT2D eigenvalue weighted by Gasteiger charge is 2.20. The summed E-state index contributed by atoms with van der Waals surface area (Å²) in [7, 11) is 0. The minimum atomic E-state index is -0.590. The largest absolute Gasteiger partial charge is 0.467 e. The van der Waals surface area contributed by atoms with Crippen molar-refractivity contribution < 1.29 is 9.52 Å². The van der Waals surface area contributed by atoms with Crippen LogP contribution >= 0.6 is 0 Å². The minimum absolute atomic E-state index is 0.223. The van der Waals surface area contributed by atoms with Crippen LogP contribution in [0.3, 0.4) is 0 Å². The first-order valence-electron chi connectivity index (χ1n) is 5.61. The molecule has 96 valence electrons. The zero-order valence-electron chi connectivity index (χ0n) is 9.90. The number of hydrogen-bond acceptors (Lipinski definition) is 6. The predicted molar refractivity (Wildman–Crippen MR) is 67.6 cm³/mol. The van der Waals surface area contributed by atoms with E-state index in [1.165, 1.54) is 6.26 Å². The lowest BCUT2D eigenvalue weighted by atomic mass is 10.2. The fourth-order valence-electron chi connectivity index (χ4n) is 1.57. The van der Waals surface area contributed by atoms with E-state index in [0.717, 1.165) is 0 Å². The van der Waals surface area contributed by atoms with Crippen molar-refractivity contribution in [2.24, 2.45) is 0 Å². The summed E-state index contributed by atoms with van der Waals surface area (Å²) >= 11 is 0. The summed E-state index contributed by atoms with van der Waals surface area (Å²) in [4.78, 5) is 22.7. The number of anilines is 2. The van der Waals surface area contributed by atoms with Crippen LogP contribution in [0.5, 0.6) is 0 Å². The van der Waals surface area contributed by atoms with Crippen LogP contribution in [-0.2, 0) is 6.54 Å². The van der Waals surface area contributed by atoms with Gasteiger partial charge in [-0.05, 0) is 19.1 Å². The Bertz CT molecular complexity index is 579. The van der Waals surface area contributed by atoms with E-state index in [4.69, 9.17) is 9.52 Å². The lowest BCUT2D eigenvalue weighted by Gasteiger charge is -2.15. The van der Waals surface area contributed by atoms with E-state index < -0.39 is 17.0 Å². The van der Waals surface area contributed by atoms with E-state index in [9.17, 15) is 9.59 Å². The fourth-order valence-corrected chi connectivity index (χ4v) is 1.57. The second-order valence-electron chi connectivity index (χ2n) is 4.07. The summed E-state index contributed by atoms with van der Waals surface area (Å²) < 4.78 is 5.11. The van der Waals surface area contributed by atoms with Crippen molar-refractivity contribution in [2.75, 3.05) is 17.2 Å². The lowest BCUT2D eigenvalue weighted by molar-refractivity contribution is 0.208. The van der Waals surface area contributed by atoms with E-state index in [-0.39, 0.29) is 17.9 Å². The molecule has 1 heterocycles. The van der Waals surface area contributed by atoms with Gasteiger partial charge in [-0.1, -0.05) is 0 Å². The molecule has 0 aliphatic rings. The van der Waals surface area contributed by atoms with E-state index in [1.807, 2.05) is 0 Å². The summed E-state index contributed by atoms with van der Waals surface area (Å²) in [5, 5.41) is 14.7. The van der Waals surface area contributed by atoms with Crippen LogP contribution in [0.1, 0.15) is 12.7 Å². The van der Waals surface area contributed by atoms with Gasteiger partial charge in [-0.25, -0.2) is 0 Å². The molecule has 3 N–H and O–H groups in total. The van der Waals surface area contributed by atoms with Gasteiger partial charge < -0.3 is 20.2 Å². The number of furan rings is 1. The Kier molecular flexibility index (Phi) is 3.47. The SMILES string of the molecule is C[C@@H](O)CNc1c(NCc2ccco2)c(=O)c1=O. The Morgan fingerprint density at radius 1 is 1.28 bits per heavy atom. The Balaban J connectivity index is 2.02. The summed E-state index contributed by atoms with van der Waals surface area (Å²) in [6.45, 7) is 2.15. The van der Waals surface area contributed by atoms with Gasteiger partial charge in [-0.2, -0.15) is 0 Å². The highest BCUT2D eigenvalue weighted by molar-refractivity contribution is 5.73. The lowest BCUT2D eigenvalue weighted by Crippen LogP contribution is -2.38. The van der Waals surface area contributed by atoms with Crippen LogP contribution in [0.2, 0.25) is 0 Å². The number of hydrogen-bond donors (Lipinski definition) is 3. The van der Waals surface area contributed by atoms with Gasteiger partial charge in [0.2, 0.25) is 0 Å². The molecule has 0 bridgehead atoms. The van der Waals surface area contributed by atoms with Gasteiger partial charge in [0.05, 0.1) is 18.9 Å². The van der Waals surface area contributed by atoms with Gasteiger partial charge >= 0.3 is 0 Å². The highest BCUT2D eigenvalue weighted by Crippen LogP contribution is 2.15. The topological polar surface area (TPSA) is 91.6 Å². The van der Waals surface area contributed by atoms with E-state index >= 15 is 0 Å². The van der Waals surface area contributed by atoms with Crippen LogP contribution in [-0.4, -0.2) is 17.8 Å². The quantitative estimate of drug-likeness (QED) is 0.638. The predicted octanol–water partition coefficient (Wildman–Crippen LogP) is 0.280. The standard InChI is InChI=1S/C12H14N2O4/c1-7(15)5-13-9-10(12(17)11(9)16)14-6-8-3-2-4-18-8/h2-4,7,13-15H,5-6H2,1H3/t7-/m1/s1. The smallest absolute Gasteiger partial charge is 0.253 e. The summed E-state index contributed by atoms with van der Waals surface area (Å²) in [6.07, 6.45) is 0.943. The normalized spacial score (nSPS) is 12.6. The first-order valence-corrected chi connectivity index (χ1v) is 5.61. The molecule has 0 fully saturated rings. The Morgan fingerprint density at radius 3 is 2.50 bits per heavy atom. The van der Waals surface area contributed by atoms with Crippen LogP contribution < -0.4 is 21.5 Å². The third kappa shape index (κ3) is 2.43. The molecule has 6 nitrogen and oxygen atoms in total. The van der Waals surface area contributed by atoms with Crippen molar-refractivity contribution in [3.8, 4) is 0 Å². The van der Waals surface area contributed by atoms with Crippen molar-refractivity contribution in [1.29, 1.82) is 0 Å². The number of aliphatic hydroxyl groups excluding tert-OH is 1. The average Bonchev–Trinajstić information content (AvgIpc) is 2.84. The van der Waals surface area contributed by atoms with Crippen LogP contribution in [0.4, 0.5) is 11.4 Å². The second kappa shape index (κ2) is 5.05. The van der Waals surface area contributed by atoms with Gasteiger partial charge in [0.1, 0.15) is 17.1 Å². The molecule has 2 aromatic rings. The molecule has 18 heavy (non-hydrogen) atoms. The first-order chi connectivity index (χ1) is 8.59. The summed E-state index contributed by atoms with van der Waals surface area (Å²) in [6, 6.07) is 3.51. The average molecular weight is 250 g/mol. The fraction of sp³-hybridized carbons (Fsp3) is 0.333. The maximum absolute atomic E-state index is 11.4. The van der Waals surface area contributed by atoms with E-state index in [1.54, 1.807) is 19.1 Å². The molecule has 0 aliphatic carbocycles. The zero-order valence-corrected chi connectivity index (χ0v) is 9.90. The third-order valence-electron chi connectivity index (χ3n) is 2.50. The van der Waals surface area contributed by atoms with Crippen LogP contribution in [0.25, 0.3) is 0 Å². The molecule has 0 unspecified atom stereocenters.